The van der Waals surface area contributed by atoms with Crippen molar-refractivity contribution in [2.45, 2.75) is 26.4 Å². The second-order valence-electron chi connectivity index (χ2n) is 6.56. The number of carbonyl (C=O) groups is 1. The number of ether oxygens (including phenoxy) is 1. The monoisotopic (exact) mass is 339 g/mol. The van der Waals surface area contributed by atoms with Gasteiger partial charge in [-0.25, -0.2) is 9.78 Å². The first kappa shape index (κ1) is 17.4. The zero-order valence-electron chi connectivity index (χ0n) is 15.1. The van der Waals surface area contributed by atoms with Crippen molar-refractivity contribution in [1.82, 2.24) is 9.88 Å². The summed E-state index contributed by atoms with van der Waals surface area (Å²) in [5.41, 5.74) is 3.90. The van der Waals surface area contributed by atoms with Crippen LogP contribution in [0.1, 0.15) is 28.7 Å². The predicted molar refractivity (Wildman–Crippen MR) is 98.8 cm³/mol. The van der Waals surface area contributed by atoms with E-state index >= 15 is 0 Å². The van der Waals surface area contributed by atoms with Crippen molar-refractivity contribution < 1.29 is 9.53 Å². The van der Waals surface area contributed by atoms with Crippen LogP contribution in [-0.2, 0) is 11.3 Å². The molecule has 0 N–H and O–H groups in total. The molecule has 1 fully saturated rings. The van der Waals surface area contributed by atoms with Crippen molar-refractivity contribution in [3.8, 4) is 0 Å². The Hall–Kier alpha value is -2.40. The molecule has 25 heavy (non-hydrogen) atoms. The van der Waals surface area contributed by atoms with Gasteiger partial charge in [-0.3, -0.25) is 4.90 Å². The molecule has 132 valence electrons. The molecule has 5 nitrogen and oxygen atoms in total. The number of hydrogen-bond acceptors (Lipinski definition) is 5. The molecule has 1 atom stereocenters. The third-order valence-electron chi connectivity index (χ3n) is 4.79. The number of aryl methyl sites for hydroxylation is 1. The van der Waals surface area contributed by atoms with E-state index in [4.69, 9.17) is 4.74 Å². The molecule has 1 saturated heterocycles. The molecule has 0 amide bonds. The maximum Gasteiger partial charge on any atom is 0.356 e. The van der Waals surface area contributed by atoms with E-state index in [9.17, 15) is 4.79 Å². The van der Waals surface area contributed by atoms with Crippen LogP contribution in [0.25, 0.3) is 0 Å². The Balaban J connectivity index is 1.66. The molecule has 2 heterocycles. The molecule has 1 aliphatic rings. The molecule has 1 aromatic carbocycles. The Bertz CT molecular complexity index is 747. The Morgan fingerprint density at radius 3 is 2.72 bits per heavy atom. The lowest BCUT2D eigenvalue weighted by molar-refractivity contribution is 0.0593. The normalized spacial score (nSPS) is 18.2. The molecular formula is C20H25N3O2. The highest BCUT2D eigenvalue weighted by Crippen LogP contribution is 2.23. The molecule has 3 rings (SSSR count). The van der Waals surface area contributed by atoms with Crippen molar-refractivity contribution in [2.75, 3.05) is 31.6 Å². The zero-order chi connectivity index (χ0) is 17.8. The summed E-state index contributed by atoms with van der Waals surface area (Å²) in [6.45, 7) is 8.10. The topological polar surface area (TPSA) is 45.7 Å². The number of benzene rings is 1. The van der Waals surface area contributed by atoms with E-state index in [0.29, 0.717) is 11.7 Å². The molecule has 1 aromatic heterocycles. The van der Waals surface area contributed by atoms with Crippen LogP contribution in [0.4, 0.5) is 5.69 Å². The number of rotatable bonds is 4. The minimum absolute atomic E-state index is 0.367. The lowest BCUT2D eigenvalue weighted by atomic mass is 10.1. The summed E-state index contributed by atoms with van der Waals surface area (Å²) in [6, 6.07) is 14.5. The van der Waals surface area contributed by atoms with E-state index in [1.807, 2.05) is 12.1 Å². The summed E-state index contributed by atoms with van der Waals surface area (Å²) >= 11 is 0. The third-order valence-corrected chi connectivity index (χ3v) is 4.79. The minimum atomic E-state index is -0.390. The average molecular weight is 339 g/mol. The number of piperazine rings is 1. The van der Waals surface area contributed by atoms with E-state index in [0.717, 1.165) is 31.9 Å². The van der Waals surface area contributed by atoms with Crippen LogP contribution >= 0.6 is 0 Å². The average Bonchev–Trinajstić information content (AvgIpc) is 2.63. The number of aromatic nitrogens is 1. The van der Waals surface area contributed by atoms with E-state index in [1.165, 1.54) is 18.4 Å². The summed E-state index contributed by atoms with van der Waals surface area (Å²) in [6.07, 6.45) is 0. The molecule has 0 unspecified atom stereocenters. The van der Waals surface area contributed by atoms with Crippen molar-refractivity contribution in [3.63, 3.8) is 0 Å². The van der Waals surface area contributed by atoms with Crippen LogP contribution < -0.4 is 4.90 Å². The van der Waals surface area contributed by atoms with Gasteiger partial charge in [-0.05, 0) is 37.6 Å². The fourth-order valence-electron chi connectivity index (χ4n) is 3.36. The Morgan fingerprint density at radius 2 is 2.00 bits per heavy atom. The van der Waals surface area contributed by atoms with Gasteiger partial charge in [0, 0.05) is 37.9 Å². The lowest BCUT2D eigenvalue weighted by Gasteiger charge is -2.41. The van der Waals surface area contributed by atoms with E-state index in [-0.39, 0.29) is 5.97 Å². The molecule has 0 radical (unpaired) electrons. The summed E-state index contributed by atoms with van der Waals surface area (Å²) in [5, 5.41) is 0. The van der Waals surface area contributed by atoms with Gasteiger partial charge in [0.15, 0.2) is 0 Å². The first-order chi connectivity index (χ1) is 12.1. The standard InChI is InChI=1S/C20H25N3O2/c1-15-7-4-5-10-19(15)23-12-11-22(16(2)13-23)14-17-8-6-9-18(21-17)20(24)25-3/h4-10,16H,11-14H2,1-3H3/t16-/m1/s1. The van der Waals surface area contributed by atoms with E-state index in [1.54, 1.807) is 6.07 Å². The van der Waals surface area contributed by atoms with Crippen molar-refractivity contribution in [1.29, 1.82) is 0 Å². The first-order valence-electron chi connectivity index (χ1n) is 8.67. The maximum atomic E-state index is 11.6. The highest BCUT2D eigenvalue weighted by molar-refractivity contribution is 5.87. The molecule has 5 heteroatoms. The quantitative estimate of drug-likeness (QED) is 0.802. The van der Waals surface area contributed by atoms with Crippen molar-refractivity contribution >= 4 is 11.7 Å². The SMILES string of the molecule is COC(=O)c1cccc(CN2CCN(c3ccccc3C)C[C@H]2C)n1. The van der Waals surface area contributed by atoms with Crippen molar-refractivity contribution in [3.05, 3.63) is 59.4 Å². The zero-order valence-corrected chi connectivity index (χ0v) is 15.1. The molecule has 2 aromatic rings. The molecular weight excluding hydrogens is 314 g/mol. The highest BCUT2D eigenvalue weighted by Gasteiger charge is 2.25. The summed E-state index contributed by atoms with van der Waals surface area (Å²) in [4.78, 5) is 21.0. The fraction of sp³-hybridized carbons (Fsp3) is 0.400. The van der Waals surface area contributed by atoms with Gasteiger partial charge in [-0.2, -0.15) is 0 Å². The first-order valence-corrected chi connectivity index (χ1v) is 8.67. The van der Waals surface area contributed by atoms with Crippen LogP contribution in [0.2, 0.25) is 0 Å². The Morgan fingerprint density at radius 1 is 1.20 bits per heavy atom. The second-order valence-corrected chi connectivity index (χ2v) is 6.56. The van der Waals surface area contributed by atoms with Gasteiger partial charge in [-0.1, -0.05) is 24.3 Å². The summed E-state index contributed by atoms with van der Waals surface area (Å²) in [7, 11) is 1.38. The van der Waals surface area contributed by atoms with Gasteiger partial charge in [0.1, 0.15) is 5.69 Å². The number of anilines is 1. The number of methoxy groups -OCH3 is 1. The molecule has 0 bridgehead atoms. The van der Waals surface area contributed by atoms with Gasteiger partial charge < -0.3 is 9.64 Å². The Kier molecular flexibility index (Phi) is 5.34. The molecule has 0 spiro atoms. The van der Waals surface area contributed by atoms with Gasteiger partial charge >= 0.3 is 5.97 Å². The minimum Gasteiger partial charge on any atom is -0.464 e. The third kappa shape index (κ3) is 3.99. The van der Waals surface area contributed by atoms with Gasteiger partial charge in [0.2, 0.25) is 0 Å². The van der Waals surface area contributed by atoms with Crippen LogP contribution in [0.5, 0.6) is 0 Å². The molecule has 0 aliphatic carbocycles. The Labute approximate surface area is 149 Å². The number of para-hydroxylation sites is 1. The highest BCUT2D eigenvalue weighted by atomic mass is 16.5. The maximum absolute atomic E-state index is 11.6. The summed E-state index contributed by atoms with van der Waals surface area (Å²) < 4.78 is 4.75. The van der Waals surface area contributed by atoms with Gasteiger partial charge in [0.25, 0.3) is 0 Å². The second kappa shape index (κ2) is 7.66. The fourth-order valence-corrected chi connectivity index (χ4v) is 3.36. The number of pyridine rings is 1. The number of esters is 1. The predicted octanol–water partition coefficient (Wildman–Crippen LogP) is 2.89. The summed E-state index contributed by atoms with van der Waals surface area (Å²) in [5.74, 6) is -0.390. The number of hydrogen-bond donors (Lipinski definition) is 0. The van der Waals surface area contributed by atoms with Gasteiger partial charge in [-0.15, -0.1) is 0 Å². The smallest absolute Gasteiger partial charge is 0.356 e. The largest absolute Gasteiger partial charge is 0.464 e. The van der Waals surface area contributed by atoms with Crippen LogP contribution in [0.15, 0.2) is 42.5 Å². The van der Waals surface area contributed by atoms with Crippen molar-refractivity contribution in [2.24, 2.45) is 0 Å². The van der Waals surface area contributed by atoms with Gasteiger partial charge in [0.05, 0.1) is 12.8 Å². The molecule has 0 saturated carbocycles. The van der Waals surface area contributed by atoms with E-state index < -0.39 is 0 Å². The lowest BCUT2D eigenvalue weighted by Crippen LogP contribution is -2.51. The van der Waals surface area contributed by atoms with E-state index in [2.05, 4.69) is 52.9 Å². The van der Waals surface area contributed by atoms with Crippen LogP contribution in [-0.4, -0.2) is 48.6 Å². The van der Waals surface area contributed by atoms with Crippen LogP contribution in [0, 0.1) is 6.92 Å². The number of carbonyl (C=O) groups excluding carboxylic acids is 1. The van der Waals surface area contributed by atoms with Crippen LogP contribution in [0.3, 0.4) is 0 Å². The number of nitrogens with zero attached hydrogens (tertiary/aromatic N) is 3. The molecule has 1 aliphatic heterocycles.